The predicted molar refractivity (Wildman–Crippen MR) is 52.8 cm³/mol. The first-order chi connectivity index (χ1) is 6.72. The lowest BCUT2D eigenvalue weighted by atomic mass is 10.2. The van der Waals surface area contributed by atoms with Crippen LogP contribution in [0.15, 0.2) is 0 Å². The summed E-state index contributed by atoms with van der Waals surface area (Å²) in [5, 5.41) is 41.2. The summed E-state index contributed by atoms with van der Waals surface area (Å²) in [5.74, 6) is 0. The molecule has 0 saturated heterocycles. The van der Waals surface area contributed by atoms with Gasteiger partial charge in [0.1, 0.15) is 0 Å². The quantitative estimate of drug-likeness (QED) is 0.342. The SMILES string of the molecule is OCCCCC(O)CO.OCCCO. The van der Waals surface area contributed by atoms with Crippen LogP contribution in [0.25, 0.3) is 0 Å². The summed E-state index contributed by atoms with van der Waals surface area (Å²) in [4.78, 5) is 0. The Labute approximate surface area is 84.6 Å². The van der Waals surface area contributed by atoms with E-state index in [0.29, 0.717) is 19.3 Å². The Balaban J connectivity index is 0. The lowest BCUT2D eigenvalue weighted by Crippen LogP contribution is -2.11. The topological polar surface area (TPSA) is 101 Å². The third-order valence-electron chi connectivity index (χ3n) is 1.47. The van der Waals surface area contributed by atoms with Crippen molar-refractivity contribution in [2.24, 2.45) is 0 Å². The summed E-state index contributed by atoms with van der Waals surface area (Å²) < 4.78 is 0. The Morgan fingerprint density at radius 3 is 1.50 bits per heavy atom. The number of aliphatic hydroxyl groups excluding tert-OH is 5. The van der Waals surface area contributed by atoms with Crippen LogP contribution in [0.2, 0.25) is 0 Å². The molecule has 0 radical (unpaired) electrons. The molecule has 0 aromatic carbocycles. The molecule has 14 heavy (non-hydrogen) atoms. The summed E-state index contributed by atoms with van der Waals surface area (Å²) in [7, 11) is 0. The van der Waals surface area contributed by atoms with Crippen molar-refractivity contribution in [1.82, 2.24) is 0 Å². The molecule has 0 aliphatic rings. The summed E-state index contributed by atoms with van der Waals surface area (Å²) in [6, 6.07) is 0. The second-order valence-corrected chi connectivity index (χ2v) is 2.86. The third kappa shape index (κ3) is 17.8. The van der Waals surface area contributed by atoms with Gasteiger partial charge in [-0.25, -0.2) is 0 Å². The fraction of sp³-hybridized carbons (Fsp3) is 1.00. The van der Waals surface area contributed by atoms with Gasteiger partial charge in [0.2, 0.25) is 0 Å². The first-order valence-corrected chi connectivity index (χ1v) is 4.84. The van der Waals surface area contributed by atoms with Crippen LogP contribution in [0.3, 0.4) is 0 Å². The van der Waals surface area contributed by atoms with Gasteiger partial charge >= 0.3 is 0 Å². The highest BCUT2D eigenvalue weighted by atomic mass is 16.3. The highest BCUT2D eigenvalue weighted by Crippen LogP contribution is 1.98. The van der Waals surface area contributed by atoms with Gasteiger partial charge in [-0.05, 0) is 25.7 Å². The standard InChI is InChI=1S/C6H14O3.C3H8O2/c7-4-2-1-3-6(9)5-8;4-2-1-3-5/h6-9H,1-5H2;4-5H,1-3H2. The molecule has 0 aromatic heterocycles. The third-order valence-corrected chi connectivity index (χ3v) is 1.47. The monoisotopic (exact) mass is 210 g/mol. The molecule has 0 aliphatic heterocycles. The van der Waals surface area contributed by atoms with Crippen molar-refractivity contribution in [2.75, 3.05) is 26.4 Å². The predicted octanol–water partition coefficient (Wildman–Crippen LogP) is -1.14. The molecule has 1 unspecified atom stereocenters. The van der Waals surface area contributed by atoms with E-state index in [1.165, 1.54) is 0 Å². The van der Waals surface area contributed by atoms with Gasteiger partial charge in [0, 0.05) is 19.8 Å². The van der Waals surface area contributed by atoms with Gasteiger partial charge in [-0.15, -0.1) is 0 Å². The minimum Gasteiger partial charge on any atom is -0.396 e. The molecule has 0 rings (SSSR count). The Bertz CT molecular complexity index is 87.3. The van der Waals surface area contributed by atoms with Crippen molar-refractivity contribution in [3.63, 3.8) is 0 Å². The van der Waals surface area contributed by atoms with E-state index in [1.807, 2.05) is 0 Å². The van der Waals surface area contributed by atoms with Crippen molar-refractivity contribution in [3.05, 3.63) is 0 Å². The minimum atomic E-state index is -0.600. The van der Waals surface area contributed by atoms with Crippen LogP contribution < -0.4 is 0 Å². The van der Waals surface area contributed by atoms with Crippen LogP contribution in [0, 0.1) is 0 Å². The van der Waals surface area contributed by atoms with Crippen LogP contribution in [-0.2, 0) is 0 Å². The minimum absolute atomic E-state index is 0.0938. The maximum Gasteiger partial charge on any atom is 0.0771 e. The van der Waals surface area contributed by atoms with Gasteiger partial charge in [0.25, 0.3) is 0 Å². The lowest BCUT2D eigenvalue weighted by molar-refractivity contribution is 0.0848. The molecular weight excluding hydrogens is 188 g/mol. The molecule has 0 fully saturated rings. The van der Waals surface area contributed by atoms with Gasteiger partial charge in [-0.2, -0.15) is 0 Å². The molecule has 0 aliphatic carbocycles. The molecule has 0 saturated carbocycles. The molecule has 0 amide bonds. The molecule has 5 N–H and O–H groups in total. The van der Waals surface area contributed by atoms with E-state index >= 15 is 0 Å². The van der Waals surface area contributed by atoms with E-state index in [0.717, 1.165) is 6.42 Å². The zero-order valence-corrected chi connectivity index (χ0v) is 8.47. The van der Waals surface area contributed by atoms with Crippen molar-refractivity contribution < 1.29 is 25.5 Å². The molecule has 5 nitrogen and oxygen atoms in total. The second kappa shape index (κ2) is 15.3. The van der Waals surface area contributed by atoms with E-state index in [2.05, 4.69) is 0 Å². The average molecular weight is 210 g/mol. The van der Waals surface area contributed by atoms with Gasteiger partial charge in [0.05, 0.1) is 12.7 Å². The Morgan fingerprint density at radius 1 is 0.714 bits per heavy atom. The van der Waals surface area contributed by atoms with Crippen molar-refractivity contribution in [1.29, 1.82) is 0 Å². The molecule has 0 aromatic rings. The van der Waals surface area contributed by atoms with Crippen molar-refractivity contribution in [3.8, 4) is 0 Å². The van der Waals surface area contributed by atoms with E-state index in [4.69, 9.17) is 25.5 Å². The fourth-order valence-corrected chi connectivity index (χ4v) is 0.654. The number of aliphatic hydroxyl groups is 5. The van der Waals surface area contributed by atoms with Crippen LogP contribution >= 0.6 is 0 Å². The van der Waals surface area contributed by atoms with Gasteiger partial charge in [-0.3, -0.25) is 0 Å². The molecule has 5 heteroatoms. The Hall–Kier alpha value is -0.200. The van der Waals surface area contributed by atoms with Gasteiger partial charge < -0.3 is 25.5 Å². The zero-order valence-electron chi connectivity index (χ0n) is 8.47. The largest absolute Gasteiger partial charge is 0.396 e. The van der Waals surface area contributed by atoms with E-state index in [-0.39, 0.29) is 26.4 Å². The molecule has 1 atom stereocenters. The summed E-state index contributed by atoms with van der Waals surface area (Å²) in [5.41, 5.74) is 0. The van der Waals surface area contributed by atoms with E-state index in [9.17, 15) is 0 Å². The first-order valence-electron chi connectivity index (χ1n) is 4.84. The fourth-order valence-electron chi connectivity index (χ4n) is 0.654. The average Bonchev–Trinajstić information content (AvgIpc) is 2.20. The van der Waals surface area contributed by atoms with E-state index < -0.39 is 6.10 Å². The smallest absolute Gasteiger partial charge is 0.0771 e. The van der Waals surface area contributed by atoms with E-state index in [1.54, 1.807) is 0 Å². The highest BCUT2D eigenvalue weighted by molar-refractivity contribution is 4.51. The van der Waals surface area contributed by atoms with Crippen molar-refractivity contribution in [2.45, 2.75) is 31.8 Å². The first kappa shape index (κ1) is 16.2. The second-order valence-electron chi connectivity index (χ2n) is 2.86. The summed E-state index contributed by atoms with van der Waals surface area (Å²) in [6.07, 6.45) is 1.96. The number of hydrogen-bond donors (Lipinski definition) is 5. The molecule has 0 spiro atoms. The van der Waals surface area contributed by atoms with Crippen molar-refractivity contribution >= 4 is 0 Å². The maximum atomic E-state index is 8.75. The molecule has 88 valence electrons. The number of rotatable bonds is 7. The van der Waals surface area contributed by atoms with Gasteiger partial charge in [-0.1, -0.05) is 0 Å². The normalized spacial score (nSPS) is 11.8. The Kier molecular flexibility index (Phi) is 17.7. The summed E-state index contributed by atoms with van der Waals surface area (Å²) in [6.45, 7) is 0.177. The number of unbranched alkanes of at least 4 members (excludes halogenated alkanes) is 1. The molecular formula is C9H22O5. The van der Waals surface area contributed by atoms with Crippen LogP contribution in [0.5, 0.6) is 0 Å². The van der Waals surface area contributed by atoms with Gasteiger partial charge in [0.15, 0.2) is 0 Å². The van der Waals surface area contributed by atoms with Crippen LogP contribution in [0.1, 0.15) is 25.7 Å². The molecule has 0 heterocycles. The number of hydrogen-bond acceptors (Lipinski definition) is 5. The Morgan fingerprint density at radius 2 is 1.21 bits per heavy atom. The highest BCUT2D eigenvalue weighted by Gasteiger charge is 1.99. The maximum absolute atomic E-state index is 8.75. The van der Waals surface area contributed by atoms with Crippen LogP contribution in [0.4, 0.5) is 0 Å². The summed E-state index contributed by atoms with van der Waals surface area (Å²) >= 11 is 0. The molecule has 0 bridgehead atoms. The lowest BCUT2D eigenvalue weighted by Gasteiger charge is -2.03. The zero-order chi connectivity index (χ0) is 11.2. The van der Waals surface area contributed by atoms with Crippen LogP contribution in [-0.4, -0.2) is 58.1 Å².